The summed E-state index contributed by atoms with van der Waals surface area (Å²) in [5.41, 5.74) is 2.58. The Morgan fingerprint density at radius 2 is 1.79 bits per heavy atom. The van der Waals surface area contributed by atoms with Gasteiger partial charge in [0, 0.05) is 32.6 Å². The van der Waals surface area contributed by atoms with Gasteiger partial charge >= 0.3 is 5.97 Å². The minimum atomic E-state index is -0.698. The first-order chi connectivity index (χ1) is 9.22. The van der Waals surface area contributed by atoms with E-state index in [1.807, 2.05) is 0 Å². The van der Waals surface area contributed by atoms with Crippen molar-refractivity contribution in [3.05, 3.63) is 24.3 Å². The number of rotatable bonds is 6. The van der Waals surface area contributed by atoms with Crippen LogP contribution in [0.1, 0.15) is 26.2 Å². The number of fused-ring (bicyclic) bond motifs is 1. The van der Waals surface area contributed by atoms with Crippen LogP contribution in [0, 0.1) is 0 Å². The van der Waals surface area contributed by atoms with E-state index < -0.39 is 5.97 Å². The van der Waals surface area contributed by atoms with Crippen molar-refractivity contribution in [3.8, 4) is 0 Å². The average molecular weight is 262 g/mol. The first kappa shape index (κ1) is 13.7. The molecule has 0 unspecified atom stereocenters. The molecule has 1 aliphatic rings. The first-order valence-electron chi connectivity index (χ1n) is 7.03. The lowest BCUT2D eigenvalue weighted by atomic mass is 10.1. The van der Waals surface area contributed by atoms with Crippen molar-refractivity contribution >= 4 is 17.3 Å². The highest BCUT2D eigenvalue weighted by atomic mass is 16.4. The maximum Gasteiger partial charge on any atom is 0.303 e. The molecule has 1 aliphatic heterocycles. The minimum Gasteiger partial charge on any atom is -0.481 e. The highest BCUT2D eigenvalue weighted by Gasteiger charge is 2.20. The van der Waals surface area contributed by atoms with Gasteiger partial charge in [-0.05, 0) is 31.9 Å². The van der Waals surface area contributed by atoms with E-state index in [1.54, 1.807) is 0 Å². The van der Waals surface area contributed by atoms with Gasteiger partial charge in [0.2, 0.25) is 0 Å². The molecule has 2 rings (SSSR count). The molecule has 0 spiro atoms. The van der Waals surface area contributed by atoms with Crippen LogP contribution in [0.3, 0.4) is 0 Å². The Labute approximate surface area is 114 Å². The number of anilines is 2. The van der Waals surface area contributed by atoms with Crippen LogP contribution >= 0.6 is 0 Å². The zero-order chi connectivity index (χ0) is 13.7. The lowest BCUT2D eigenvalue weighted by Crippen LogP contribution is -2.41. The van der Waals surface area contributed by atoms with Crippen molar-refractivity contribution in [2.75, 3.05) is 36.0 Å². The molecule has 0 bridgehead atoms. The molecule has 4 heteroatoms. The third-order valence-electron chi connectivity index (χ3n) is 3.65. The maximum absolute atomic E-state index is 10.5. The van der Waals surface area contributed by atoms with Gasteiger partial charge in [-0.15, -0.1) is 0 Å². The molecule has 0 saturated heterocycles. The molecule has 104 valence electrons. The topological polar surface area (TPSA) is 43.8 Å². The molecular weight excluding hydrogens is 240 g/mol. The van der Waals surface area contributed by atoms with Crippen molar-refractivity contribution in [1.29, 1.82) is 0 Å². The molecule has 0 radical (unpaired) electrons. The highest BCUT2D eigenvalue weighted by molar-refractivity contribution is 5.73. The number of aliphatic carboxylic acids is 1. The number of likely N-dealkylation sites (N-methyl/N-ethyl adjacent to an activating group) is 1. The van der Waals surface area contributed by atoms with Gasteiger partial charge in [0.05, 0.1) is 11.4 Å². The summed E-state index contributed by atoms with van der Waals surface area (Å²) in [5, 5.41) is 8.65. The van der Waals surface area contributed by atoms with E-state index >= 15 is 0 Å². The van der Waals surface area contributed by atoms with Gasteiger partial charge < -0.3 is 14.9 Å². The number of hydrogen-bond donors (Lipinski definition) is 1. The molecule has 1 N–H and O–H groups in total. The number of para-hydroxylation sites is 2. The molecule has 4 nitrogen and oxygen atoms in total. The van der Waals surface area contributed by atoms with Crippen LogP contribution < -0.4 is 9.80 Å². The number of hydrogen-bond acceptors (Lipinski definition) is 3. The average Bonchev–Trinajstić information content (AvgIpc) is 2.43. The fourth-order valence-electron chi connectivity index (χ4n) is 2.62. The molecule has 0 aromatic heterocycles. The zero-order valence-corrected chi connectivity index (χ0v) is 11.5. The largest absolute Gasteiger partial charge is 0.481 e. The number of unbranched alkanes of at least 4 members (excludes halogenated alkanes) is 1. The molecule has 0 atom stereocenters. The van der Waals surface area contributed by atoms with E-state index in [9.17, 15) is 4.79 Å². The quantitative estimate of drug-likeness (QED) is 0.800. The van der Waals surface area contributed by atoms with Crippen LogP contribution in [-0.4, -0.2) is 37.3 Å². The summed E-state index contributed by atoms with van der Waals surface area (Å²) in [5.74, 6) is -0.698. The molecule has 19 heavy (non-hydrogen) atoms. The van der Waals surface area contributed by atoms with Gasteiger partial charge in [-0.2, -0.15) is 0 Å². The normalized spacial score (nSPS) is 14.4. The van der Waals surface area contributed by atoms with E-state index in [0.29, 0.717) is 0 Å². The molecule has 1 aromatic carbocycles. The number of nitrogens with zero attached hydrogens (tertiary/aromatic N) is 2. The smallest absolute Gasteiger partial charge is 0.303 e. The van der Waals surface area contributed by atoms with E-state index in [4.69, 9.17) is 5.11 Å². The minimum absolute atomic E-state index is 0.274. The molecule has 1 aromatic rings. The summed E-state index contributed by atoms with van der Waals surface area (Å²) in [6.45, 7) is 6.23. The second-order valence-corrected chi connectivity index (χ2v) is 4.91. The van der Waals surface area contributed by atoms with Gasteiger partial charge in [-0.1, -0.05) is 12.1 Å². The number of carboxylic acids is 1. The summed E-state index contributed by atoms with van der Waals surface area (Å²) in [4.78, 5) is 15.3. The molecule has 0 aliphatic carbocycles. The summed E-state index contributed by atoms with van der Waals surface area (Å²) < 4.78 is 0. The van der Waals surface area contributed by atoms with Crippen LogP contribution in [0.15, 0.2) is 24.3 Å². The van der Waals surface area contributed by atoms with Crippen molar-refractivity contribution in [2.45, 2.75) is 26.2 Å². The lowest BCUT2D eigenvalue weighted by Gasteiger charge is -2.38. The SMILES string of the molecule is CCN1CCN(CCCCC(=O)O)c2ccccc21. The van der Waals surface area contributed by atoms with E-state index in [1.165, 1.54) is 11.4 Å². The Hall–Kier alpha value is -1.71. The fraction of sp³-hybridized carbons (Fsp3) is 0.533. The Kier molecular flexibility index (Phi) is 4.66. The van der Waals surface area contributed by atoms with Crippen LogP contribution in [0.5, 0.6) is 0 Å². The maximum atomic E-state index is 10.5. The standard InChI is InChI=1S/C15H22N2O2/c1-2-16-11-12-17(10-6-5-9-15(18)19)14-8-4-3-7-13(14)16/h3-4,7-8H,2,5-6,9-12H2,1H3,(H,18,19). The predicted octanol–water partition coefficient (Wildman–Crippen LogP) is 2.59. The number of benzene rings is 1. The second-order valence-electron chi connectivity index (χ2n) is 4.91. The van der Waals surface area contributed by atoms with E-state index in [2.05, 4.69) is 41.0 Å². The Balaban J connectivity index is 1.97. The first-order valence-corrected chi connectivity index (χ1v) is 7.03. The lowest BCUT2D eigenvalue weighted by molar-refractivity contribution is -0.137. The van der Waals surface area contributed by atoms with Crippen molar-refractivity contribution in [2.24, 2.45) is 0 Å². The summed E-state index contributed by atoms with van der Waals surface area (Å²) in [6, 6.07) is 8.48. The van der Waals surface area contributed by atoms with Crippen LogP contribution in [0.25, 0.3) is 0 Å². The molecule has 0 fully saturated rings. The summed E-state index contributed by atoms with van der Waals surface area (Å²) in [7, 11) is 0. The zero-order valence-electron chi connectivity index (χ0n) is 11.5. The van der Waals surface area contributed by atoms with Crippen LogP contribution in [-0.2, 0) is 4.79 Å². The van der Waals surface area contributed by atoms with E-state index in [-0.39, 0.29) is 6.42 Å². The van der Waals surface area contributed by atoms with Gasteiger partial charge in [0.15, 0.2) is 0 Å². The molecular formula is C15H22N2O2. The van der Waals surface area contributed by atoms with Crippen molar-refractivity contribution < 1.29 is 9.90 Å². The Morgan fingerprint density at radius 1 is 1.16 bits per heavy atom. The Bertz CT molecular complexity index is 434. The van der Waals surface area contributed by atoms with Crippen LogP contribution in [0.2, 0.25) is 0 Å². The predicted molar refractivity (Wildman–Crippen MR) is 78.0 cm³/mol. The summed E-state index contributed by atoms with van der Waals surface area (Å²) in [6.07, 6.45) is 1.97. The van der Waals surface area contributed by atoms with Gasteiger partial charge in [-0.3, -0.25) is 4.79 Å². The second kappa shape index (κ2) is 6.45. The third kappa shape index (κ3) is 3.40. The van der Waals surface area contributed by atoms with E-state index in [0.717, 1.165) is 39.0 Å². The van der Waals surface area contributed by atoms with Crippen molar-refractivity contribution in [3.63, 3.8) is 0 Å². The molecule has 0 amide bonds. The number of carboxylic acid groups (broad SMARTS) is 1. The monoisotopic (exact) mass is 262 g/mol. The van der Waals surface area contributed by atoms with Crippen LogP contribution in [0.4, 0.5) is 11.4 Å². The third-order valence-corrected chi connectivity index (χ3v) is 3.65. The van der Waals surface area contributed by atoms with Gasteiger partial charge in [0.25, 0.3) is 0 Å². The number of carbonyl (C=O) groups is 1. The molecule has 1 heterocycles. The fourth-order valence-corrected chi connectivity index (χ4v) is 2.62. The molecule has 0 saturated carbocycles. The van der Waals surface area contributed by atoms with Gasteiger partial charge in [0.1, 0.15) is 0 Å². The highest BCUT2D eigenvalue weighted by Crippen LogP contribution is 2.32. The summed E-state index contributed by atoms with van der Waals surface area (Å²) >= 11 is 0. The Morgan fingerprint density at radius 3 is 2.42 bits per heavy atom. The van der Waals surface area contributed by atoms with Crippen molar-refractivity contribution in [1.82, 2.24) is 0 Å². The van der Waals surface area contributed by atoms with Gasteiger partial charge in [-0.25, -0.2) is 0 Å².